The van der Waals surface area contributed by atoms with Crippen LogP contribution in [0, 0.1) is 5.82 Å². The van der Waals surface area contributed by atoms with Crippen LogP contribution < -0.4 is 10.9 Å². The van der Waals surface area contributed by atoms with Gasteiger partial charge in [0.2, 0.25) is 0 Å². The molecule has 0 radical (unpaired) electrons. The predicted octanol–water partition coefficient (Wildman–Crippen LogP) is 2.35. The van der Waals surface area contributed by atoms with Crippen LogP contribution in [0.5, 0.6) is 0 Å². The van der Waals surface area contributed by atoms with Crippen molar-refractivity contribution in [2.45, 2.75) is 13.0 Å². The number of hydrogen-bond acceptors (Lipinski definition) is 4. The number of methoxy groups -OCH3 is 1. The average Bonchev–Trinajstić information content (AvgIpc) is 2.68. The number of nitrogens with zero attached hydrogens (tertiary/aromatic N) is 2. The Hall–Kier alpha value is -3.06. The average molecular weight is 369 g/mol. The van der Waals surface area contributed by atoms with Gasteiger partial charge in [0.15, 0.2) is 0 Å². The standard InChI is InChI=1S/C20H20FN3O3/c1-27-11-3-10-23-19(25)17-12-15-4-2-9-22-18(15)24(20(17)26)13-14-5-7-16(21)8-6-14/h2,4-9,12H,3,10-11,13H2,1H3,(H,23,25). The molecule has 1 amide bonds. The lowest BCUT2D eigenvalue weighted by Crippen LogP contribution is -2.34. The molecule has 3 aromatic rings. The molecule has 0 aliphatic heterocycles. The maximum atomic E-state index is 13.2. The minimum atomic E-state index is -0.435. The highest BCUT2D eigenvalue weighted by atomic mass is 19.1. The van der Waals surface area contributed by atoms with Crippen LogP contribution in [-0.2, 0) is 11.3 Å². The number of benzene rings is 1. The summed E-state index contributed by atoms with van der Waals surface area (Å²) in [6, 6.07) is 11.0. The number of pyridine rings is 2. The van der Waals surface area contributed by atoms with Gasteiger partial charge in [-0.1, -0.05) is 12.1 Å². The SMILES string of the molecule is COCCCNC(=O)c1cc2cccnc2n(Cc2ccc(F)cc2)c1=O. The lowest BCUT2D eigenvalue weighted by Gasteiger charge is -2.12. The Labute approximate surface area is 155 Å². The minimum absolute atomic E-state index is 0.0510. The molecule has 140 valence electrons. The van der Waals surface area contributed by atoms with Gasteiger partial charge >= 0.3 is 0 Å². The van der Waals surface area contributed by atoms with E-state index in [2.05, 4.69) is 10.3 Å². The van der Waals surface area contributed by atoms with Crippen LogP contribution in [0.1, 0.15) is 22.3 Å². The first kappa shape index (κ1) is 18.7. The molecule has 0 fully saturated rings. The maximum Gasteiger partial charge on any atom is 0.265 e. The van der Waals surface area contributed by atoms with E-state index in [0.717, 1.165) is 5.56 Å². The van der Waals surface area contributed by atoms with Crippen LogP contribution in [0.2, 0.25) is 0 Å². The van der Waals surface area contributed by atoms with E-state index >= 15 is 0 Å². The van der Waals surface area contributed by atoms with E-state index in [9.17, 15) is 14.0 Å². The Kier molecular flexibility index (Phi) is 5.93. The van der Waals surface area contributed by atoms with Crippen LogP contribution >= 0.6 is 0 Å². The van der Waals surface area contributed by atoms with Gasteiger partial charge in [0, 0.05) is 31.8 Å². The monoisotopic (exact) mass is 369 g/mol. The van der Waals surface area contributed by atoms with Gasteiger partial charge in [-0.3, -0.25) is 14.2 Å². The molecule has 0 saturated heterocycles. The summed E-state index contributed by atoms with van der Waals surface area (Å²) in [5, 5.41) is 3.42. The van der Waals surface area contributed by atoms with Gasteiger partial charge in [-0.15, -0.1) is 0 Å². The molecule has 7 heteroatoms. The van der Waals surface area contributed by atoms with Gasteiger partial charge in [-0.2, -0.15) is 0 Å². The second-order valence-corrected chi connectivity index (χ2v) is 6.09. The highest BCUT2D eigenvalue weighted by Gasteiger charge is 2.16. The molecule has 0 aliphatic rings. The van der Waals surface area contributed by atoms with Crippen molar-refractivity contribution >= 4 is 16.9 Å². The number of carbonyl (C=O) groups excluding carboxylic acids is 1. The molecule has 0 spiro atoms. The minimum Gasteiger partial charge on any atom is -0.385 e. The zero-order valence-electron chi connectivity index (χ0n) is 14.9. The third-order valence-electron chi connectivity index (χ3n) is 4.16. The van der Waals surface area contributed by atoms with E-state index in [1.54, 1.807) is 43.6 Å². The zero-order valence-corrected chi connectivity index (χ0v) is 14.9. The van der Waals surface area contributed by atoms with Crippen LogP contribution in [-0.4, -0.2) is 35.7 Å². The van der Waals surface area contributed by atoms with Crippen LogP contribution in [0.25, 0.3) is 11.0 Å². The number of ether oxygens (including phenoxy) is 1. The molecule has 0 unspecified atom stereocenters. The van der Waals surface area contributed by atoms with Crippen LogP contribution in [0.15, 0.2) is 53.5 Å². The number of fused-ring (bicyclic) bond motifs is 1. The number of halogens is 1. The van der Waals surface area contributed by atoms with Gasteiger partial charge in [0.05, 0.1) is 6.54 Å². The Morgan fingerprint density at radius 3 is 2.78 bits per heavy atom. The molecule has 0 atom stereocenters. The Balaban J connectivity index is 1.98. The first-order valence-corrected chi connectivity index (χ1v) is 8.60. The molecule has 27 heavy (non-hydrogen) atoms. The summed E-state index contributed by atoms with van der Waals surface area (Å²) < 4.78 is 19.5. The van der Waals surface area contributed by atoms with Crippen molar-refractivity contribution in [1.29, 1.82) is 0 Å². The lowest BCUT2D eigenvalue weighted by molar-refractivity contribution is 0.0946. The molecular formula is C20H20FN3O3. The third kappa shape index (κ3) is 4.38. The Morgan fingerprint density at radius 1 is 1.26 bits per heavy atom. The largest absolute Gasteiger partial charge is 0.385 e. The number of rotatable bonds is 7. The summed E-state index contributed by atoms with van der Waals surface area (Å²) in [5.41, 5.74) is 0.829. The molecular weight excluding hydrogens is 349 g/mol. The molecule has 0 saturated carbocycles. The molecule has 0 aliphatic carbocycles. The fourth-order valence-corrected chi connectivity index (χ4v) is 2.80. The van der Waals surface area contributed by atoms with Gasteiger partial charge in [-0.05, 0) is 42.3 Å². The normalized spacial score (nSPS) is 10.9. The molecule has 1 N–H and O–H groups in total. The second kappa shape index (κ2) is 8.55. The van der Waals surface area contributed by atoms with Crippen molar-refractivity contribution in [3.8, 4) is 0 Å². The fraction of sp³-hybridized carbons (Fsp3) is 0.250. The fourth-order valence-electron chi connectivity index (χ4n) is 2.80. The van der Waals surface area contributed by atoms with Crippen molar-refractivity contribution in [2.24, 2.45) is 0 Å². The Bertz CT molecular complexity index is 1000. The topological polar surface area (TPSA) is 73.2 Å². The van der Waals surface area contributed by atoms with Crippen molar-refractivity contribution in [3.63, 3.8) is 0 Å². The first-order chi connectivity index (χ1) is 13.1. The number of amides is 1. The first-order valence-electron chi connectivity index (χ1n) is 8.60. The van der Waals surface area contributed by atoms with E-state index in [0.29, 0.717) is 30.6 Å². The van der Waals surface area contributed by atoms with E-state index < -0.39 is 11.5 Å². The summed E-state index contributed by atoms with van der Waals surface area (Å²) in [6.07, 6.45) is 2.24. The van der Waals surface area contributed by atoms with Crippen molar-refractivity contribution in [3.05, 3.63) is 76.0 Å². The number of nitrogens with one attached hydrogen (secondary N) is 1. The van der Waals surface area contributed by atoms with E-state index in [1.807, 2.05) is 0 Å². The van der Waals surface area contributed by atoms with Crippen LogP contribution in [0.4, 0.5) is 4.39 Å². The quantitative estimate of drug-likeness (QED) is 0.649. The molecule has 0 bridgehead atoms. The van der Waals surface area contributed by atoms with Gasteiger partial charge < -0.3 is 10.1 Å². The predicted molar refractivity (Wildman–Crippen MR) is 100 cm³/mol. The summed E-state index contributed by atoms with van der Waals surface area (Å²) in [7, 11) is 1.59. The van der Waals surface area contributed by atoms with Crippen LogP contribution in [0.3, 0.4) is 0 Å². The maximum absolute atomic E-state index is 13.2. The summed E-state index contributed by atoms with van der Waals surface area (Å²) in [6.45, 7) is 1.13. The van der Waals surface area contributed by atoms with Crippen molar-refractivity contribution in [1.82, 2.24) is 14.9 Å². The van der Waals surface area contributed by atoms with Gasteiger partial charge in [0.25, 0.3) is 11.5 Å². The van der Waals surface area contributed by atoms with E-state index in [1.165, 1.54) is 16.7 Å². The molecule has 3 rings (SSSR count). The third-order valence-corrected chi connectivity index (χ3v) is 4.16. The van der Waals surface area contributed by atoms with Gasteiger partial charge in [-0.25, -0.2) is 9.37 Å². The highest BCUT2D eigenvalue weighted by Crippen LogP contribution is 2.13. The number of hydrogen-bond donors (Lipinski definition) is 1. The number of aromatic nitrogens is 2. The second-order valence-electron chi connectivity index (χ2n) is 6.09. The van der Waals surface area contributed by atoms with E-state index in [-0.39, 0.29) is 17.9 Å². The molecule has 2 aromatic heterocycles. The molecule has 2 heterocycles. The number of carbonyl (C=O) groups is 1. The summed E-state index contributed by atoms with van der Waals surface area (Å²) in [5.74, 6) is -0.784. The van der Waals surface area contributed by atoms with Crippen molar-refractivity contribution in [2.75, 3.05) is 20.3 Å². The van der Waals surface area contributed by atoms with Crippen molar-refractivity contribution < 1.29 is 13.9 Å². The lowest BCUT2D eigenvalue weighted by atomic mass is 10.1. The zero-order chi connectivity index (χ0) is 19.2. The molecule has 1 aromatic carbocycles. The summed E-state index contributed by atoms with van der Waals surface area (Å²) >= 11 is 0. The highest BCUT2D eigenvalue weighted by molar-refractivity contribution is 5.96. The smallest absolute Gasteiger partial charge is 0.265 e. The van der Waals surface area contributed by atoms with E-state index in [4.69, 9.17) is 4.74 Å². The summed E-state index contributed by atoms with van der Waals surface area (Å²) in [4.78, 5) is 29.7. The Morgan fingerprint density at radius 2 is 2.04 bits per heavy atom. The van der Waals surface area contributed by atoms with Gasteiger partial charge in [0.1, 0.15) is 17.0 Å². The molecule has 6 nitrogen and oxygen atoms in total.